The summed E-state index contributed by atoms with van der Waals surface area (Å²) >= 11 is 0. The molecule has 3 unspecified atom stereocenters. The summed E-state index contributed by atoms with van der Waals surface area (Å²) in [5.74, 6) is 0.320. The van der Waals surface area contributed by atoms with Crippen LogP contribution in [0, 0.1) is 11.3 Å². The summed E-state index contributed by atoms with van der Waals surface area (Å²) in [6.45, 7) is 5.61. The second-order valence-corrected chi connectivity index (χ2v) is 6.54. The minimum atomic E-state index is 0. The molecule has 2 saturated carbocycles. The van der Waals surface area contributed by atoms with E-state index in [0.717, 1.165) is 19.6 Å². The average molecular weight is 319 g/mol. The standard InChI is InChI=1S/C16H30N2O2.ClH/c1-5-20-14-10-13(16(14)8-6-7-9-16)18(4)15(19)12(2)11-17-3;/h12-14,17H,5-11H2,1-4H3;1H. The van der Waals surface area contributed by atoms with Gasteiger partial charge in [-0.25, -0.2) is 0 Å². The quantitative estimate of drug-likeness (QED) is 0.818. The minimum absolute atomic E-state index is 0. The highest BCUT2D eigenvalue weighted by Crippen LogP contribution is 2.56. The van der Waals surface area contributed by atoms with Crippen LogP contribution >= 0.6 is 12.4 Å². The van der Waals surface area contributed by atoms with Gasteiger partial charge in [0, 0.05) is 37.6 Å². The Labute approximate surface area is 135 Å². The zero-order valence-electron chi connectivity index (χ0n) is 13.9. The lowest BCUT2D eigenvalue weighted by atomic mass is 9.60. The Morgan fingerprint density at radius 1 is 1.43 bits per heavy atom. The molecule has 0 saturated heterocycles. The van der Waals surface area contributed by atoms with Gasteiger partial charge in [0.2, 0.25) is 5.91 Å². The van der Waals surface area contributed by atoms with Crippen LogP contribution < -0.4 is 5.32 Å². The van der Waals surface area contributed by atoms with Crippen LogP contribution in [0.25, 0.3) is 0 Å². The molecule has 0 radical (unpaired) electrons. The lowest BCUT2D eigenvalue weighted by Crippen LogP contribution is -2.64. The van der Waals surface area contributed by atoms with E-state index in [1.54, 1.807) is 0 Å². The van der Waals surface area contributed by atoms with Gasteiger partial charge >= 0.3 is 0 Å². The Balaban J connectivity index is 0.00000220. The van der Waals surface area contributed by atoms with Crippen molar-refractivity contribution in [1.82, 2.24) is 10.2 Å². The first-order valence-electron chi connectivity index (χ1n) is 8.09. The third-order valence-electron chi connectivity index (χ3n) is 5.39. The molecule has 0 aromatic carbocycles. The number of rotatable bonds is 6. The second kappa shape index (κ2) is 7.80. The zero-order chi connectivity index (χ0) is 14.8. The summed E-state index contributed by atoms with van der Waals surface area (Å²) in [5, 5.41) is 3.10. The van der Waals surface area contributed by atoms with Crippen LogP contribution in [0.5, 0.6) is 0 Å². The van der Waals surface area contributed by atoms with Gasteiger partial charge in [0.1, 0.15) is 0 Å². The maximum Gasteiger partial charge on any atom is 0.226 e. The molecule has 1 amide bonds. The first-order valence-corrected chi connectivity index (χ1v) is 8.09. The van der Waals surface area contributed by atoms with Crippen LogP contribution in [-0.4, -0.2) is 50.2 Å². The third-order valence-corrected chi connectivity index (χ3v) is 5.39. The molecule has 1 N–H and O–H groups in total. The van der Waals surface area contributed by atoms with Gasteiger partial charge in [0.25, 0.3) is 0 Å². The summed E-state index contributed by atoms with van der Waals surface area (Å²) in [6.07, 6.45) is 6.40. The number of halogens is 1. The number of nitrogens with zero attached hydrogens (tertiary/aromatic N) is 1. The molecule has 0 heterocycles. The van der Waals surface area contributed by atoms with Gasteiger partial charge in [-0.1, -0.05) is 19.8 Å². The number of nitrogens with one attached hydrogen (secondary N) is 1. The molecular formula is C16H31ClN2O2. The van der Waals surface area contributed by atoms with Gasteiger partial charge in [-0.05, 0) is 33.2 Å². The van der Waals surface area contributed by atoms with Crippen molar-refractivity contribution in [1.29, 1.82) is 0 Å². The van der Waals surface area contributed by atoms with Gasteiger partial charge < -0.3 is 15.0 Å². The predicted molar refractivity (Wildman–Crippen MR) is 87.8 cm³/mol. The minimum Gasteiger partial charge on any atom is -0.378 e. The normalized spacial score (nSPS) is 27.8. The largest absolute Gasteiger partial charge is 0.378 e. The molecule has 0 aliphatic heterocycles. The van der Waals surface area contributed by atoms with Crippen molar-refractivity contribution < 1.29 is 9.53 Å². The Morgan fingerprint density at radius 2 is 2.05 bits per heavy atom. The molecule has 5 heteroatoms. The molecule has 2 aliphatic rings. The van der Waals surface area contributed by atoms with E-state index >= 15 is 0 Å². The molecule has 0 aromatic heterocycles. The Hall–Kier alpha value is -0.320. The Bertz CT molecular complexity index is 345. The molecule has 0 bridgehead atoms. The summed E-state index contributed by atoms with van der Waals surface area (Å²) in [7, 11) is 3.89. The van der Waals surface area contributed by atoms with Crippen molar-refractivity contribution in [2.75, 3.05) is 27.2 Å². The van der Waals surface area contributed by atoms with Gasteiger partial charge in [-0.2, -0.15) is 0 Å². The third kappa shape index (κ3) is 3.38. The maximum atomic E-state index is 12.5. The first-order chi connectivity index (χ1) is 9.56. The van der Waals surface area contributed by atoms with Crippen molar-refractivity contribution in [3.05, 3.63) is 0 Å². The van der Waals surface area contributed by atoms with Crippen molar-refractivity contribution in [3.63, 3.8) is 0 Å². The first kappa shape index (κ1) is 18.7. The van der Waals surface area contributed by atoms with E-state index in [1.165, 1.54) is 25.7 Å². The Morgan fingerprint density at radius 3 is 2.57 bits per heavy atom. The fourth-order valence-corrected chi connectivity index (χ4v) is 4.29. The van der Waals surface area contributed by atoms with Gasteiger partial charge in [-0.3, -0.25) is 4.79 Å². The number of amides is 1. The predicted octanol–water partition coefficient (Wildman–Crippen LogP) is 2.46. The van der Waals surface area contributed by atoms with E-state index in [0.29, 0.717) is 12.1 Å². The Kier molecular flexibility index (Phi) is 6.95. The fourth-order valence-electron chi connectivity index (χ4n) is 4.29. The van der Waals surface area contributed by atoms with Crippen LogP contribution in [0.3, 0.4) is 0 Å². The van der Waals surface area contributed by atoms with Crippen molar-refractivity contribution in [2.45, 2.75) is 58.1 Å². The molecule has 0 aromatic rings. The lowest BCUT2D eigenvalue weighted by Gasteiger charge is -2.57. The molecule has 21 heavy (non-hydrogen) atoms. The fraction of sp³-hybridized carbons (Fsp3) is 0.938. The average Bonchev–Trinajstić information content (AvgIpc) is 2.94. The van der Waals surface area contributed by atoms with E-state index in [1.807, 2.05) is 25.9 Å². The second-order valence-electron chi connectivity index (χ2n) is 6.54. The zero-order valence-corrected chi connectivity index (χ0v) is 14.7. The van der Waals surface area contributed by atoms with Crippen molar-refractivity contribution in [3.8, 4) is 0 Å². The number of ether oxygens (including phenoxy) is 1. The van der Waals surface area contributed by atoms with Crippen LogP contribution in [0.4, 0.5) is 0 Å². The maximum absolute atomic E-state index is 12.5. The molecule has 2 rings (SSSR count). The highest BCUT2D eigenvalue weighted by Gasteiger charge is 2.58. The van der Waals surface area contributed by atoms with E-state index in [9.17, 15) is 4.79 Å². The van der Waals surface area contributed by atoms with E-state index in [4.69, 9.17) is 4.74 Å². The van der Waals surface area contributed by atoms with E-state index in [2.05, 4.69) is 12.2 Å². The SMILES string of the molecule is CCOC1CC(N(C)C(=O)C(C)CNC)C12CCCC2.Cl. The summed E-state index contributed by atoms with van der Waals surface area (Å²) in [5.41, 5.74) is 0.250. The smallest absolute Gasteiger partial charge is 0.226 e. The molecular weight excluding hydrogens is 288 g/mol. The summed E-state index contributed by atoms with van der Waals surface area (Å²) in [6, 6.07) is 0.383. The number of hydrogen-bond donors (Lipinski definition) is 1. The topological polar surface area (TPSA) is 41.6 Å². The van der Waals surface area contributed by atoms with Crippen LogP contribution in [0.1, 0.15) is 46.0 Å². The van der Waals surface area contributed by atoms with Crippen LogP contribution in [0.2, 0.25) is 0 Å². The highest BCUT2D eigenvalue weighted by molar-refractivity contribution is 5.85. The van der Waals surface area contributed by atoms with Crippen LogP contribution in [0.15, 0.2) is 0 Å². The summed E-state index contributed by atoms with van der Waals surface area (Å²) in [4.78, 5) is 14.5. The van der Waals surface area contributed by atoms with E-state index < -0.39 is 0 Å². The monoisotopic (exact) mass is 318 g/mol. The van der Waals surface area contributed by atoms with Gasteiger partial charge in [0.15, 0.2) is 0 Å². The lowest BCUT2D eigenvalue weighted by molar-refractivity contribution is -0.174. The van der Waals surface area contributed by atoms with Crippen LogP contribution in [-0.2, 0) is 9.53 Å². The number of carbonyl (C=O) groups is 1. The highest BCUT2D eigenvalue weighted by atomic mass is 35.5. The molecule has 124 valence electrons. The number of carbonyl (C=O) groups excluding carboxylic acids is 1. The molecule has 2 aliphatic carbocycles. The van der Waals surface area contributed by atoms with Crippen molar-refractivity contribution in [2.24, 2.45) is 11.3 Å². The molecule has 4 nitrogen and oxygen atoms in total. The van der Waals surface area contributed by atoms with Crippen molar-refractivity contribution >= 4 is 18.3 Å². The van der Waals surface area contributed by atoms with Gasteiger partial charge in [0.05, 0.1) is 6.10 Å². The summed E-state index contributed by atoms with van der Waals surface area (Å²) < 4.78 is 5.93. The van der Waals surface area contributed by atoms with Gasteiger partial charge in [-0.15, -0.1) is 12.4 Å². The molecule has 1 spiro atoms. The van der Waals surface area contributed by atoms with E-state index in [-0.39, 0.29) is 29.6 Å². The number of hydrogen-bond acceptors (Lipinski definition) is 3. The molecule has 2 fully saturated rings. The molecule has 3 atom stereocenters.